The molecule has 3 aliphatic rings. The van der Waals surface area contributed by atoms with Crippen LogP contribution >= 0.6 is 11.6 Å². The molecule has 42 heavy (non-hydrogen) atoms. The van der Waals surface area contributed by atoms with Gasteiger partial charge in [-0.2, -0.15) is 9.40 Å². The van der Waals surface area contributed by atoms with Crippen molar-refractivity contribution >= 4 is 27.5 Å². The van der Waals surface area contributed by atoms with Gasteiger partial charge in [-0.1, -0.05) is 29.8 Å². The van der Waals surface area contributed by atoms with E-state index in [1.54, 1.807) is 4.31 Å². The van der Waals surface area contributed by atoms with E-state index in [1.807, 2.05) is 12.1 Å². The van der Waals surface area contributed by atoms with Crippen LogP contribution in [0.5, 0.6) is 0 Å². The Hall–Kier alpha value is -2.76. The second kappa shape index (κ2) is 12.1. The van der Waals surface area contributed by atoms with Crippen LogP contribution in [0.1, 0.15) is 41.6 Å². The number of rotatable bonds is 8. The molecule has 0 atom stereocenters. The van der Waals surface area contributed by atoms with Crippen LogP contribution in [-0.4, -0.2) is 72.3 Å². The van der Waals surface area contributed by atoms with Gasteiger partial charge in [0.2, 0.25) is 15.9 Å². The van der Waals surface area contributed by atoms with Crippen LogP contribution in [0.15, 0.2) is 36.4 Å². The standard InChI is InChI=1S/C31H39ClN6O3S/c1-42(40,41)37-16-10-29-27(20-37)30(35-38(29)13-2-12-36-14-8-22(9-15-36)31(33)39)24-5-6-28(32)26(18-24)23-4-3-21-7-11-34-19-25(21)17-23/h3-6,17-18,22,34H,2,7-16,19-20H2,1H3,(H2,33,39). The van der Waals surface area contributed by atoms with Crippen LogP contribution in [0.25, 0.3) is 22.4 Å². The molecule has 1 fully saturated rings. The van der Waals surface area contributed by atoms with Crippen molar-refractivity contribution in [1.29, 1.82) is 0 Å². The quantitative estimate of drug-likeness (QED) is 0.404. The number of piperidine rings is 1. The van der Waals surface area contributed by atoms with Gasteiger partial charge < -0.3 is 16.0 Å². The molecular formula is C31H39ClN6O3S. The van der Waals surface area contributed by atoms with Gasteiger partial charge in [-0.3, -0.25) is 9.48 Å². The maximum Gasteiger partial charge on any atom is 0.220 e. The first-order valence-corrected chi connectivity index (χ1v) is 17.1. The number of nitrogens with zero attached hydrogens (tertiary/aromatic N) is 4. The molecule has 1 aromatic heterocycles. The summed E-state index contributed by atoms with van der Waals surface area (Å²) in [6.07, 6.45) is 5.47. The molecule has 224 valence electrons. The number of amides is 1. The molecule has 3 aromatic rings. The summed E-state index contributed by atoms with van der Waals surface area (Å²) < 4.78 is 28.6. The van der Waals surface area contributed by atoms with Gasteiger partial charge in [0.25, 0.3) is 0 Å². The predicted octanol–water partition coefficient (Wildman–Crippen LogP) is 3.42. The van der Waals surface area contributed by atoms with Gasteiger partial charge in [-0.05, 0) is 86.8 Å². The molecular weight excluding hydrogens is 572 g/mol. The minimum atomic E-state index is -3.34. The van der Waals surface area contributed by atoms with Crippen molar-refractivity contribution in [2.75, 3.05) is 39.0 Å². The third-order valence-corrected chi connectivity index (χ3v) is 10.6. The van der Waals surface area contributed by atoms with E-state index in [-0.39, 0.29) is 11.8 Å². The van der Waals surface area contributed by atoms with Crippen LogP contribution in [0, 0.1) is 5.92 Å². The highest BCUT2D eigenvalue weighted by Gasteiger charge is 2.30. The molecule has 0 saturated carbocycles. The van der Waals surface area contributed by atoms with E-state index in [9.17, 15) is 13.2 Å². The summed E-state index contributed by atoms with van der Waals surface area (Å²) in [5.41, 5.74) is 14.0. The fraction of sp³-hybridized carbons (Fsp3) is 0.484. The summed E-state index contributed by atoms with van der Waals surface area (Å²) in [7, 11) is -3.34. The molecule has 4 heterocycles. The number of fused-ring (bicyclic) bond motifs is 2. The Morgan fingerprint density at radius 2 is 1.83 bits per heavy atom. The number of nitrogens with one attached hydrogen (secondary N) is 1. The maximum atomic E-state index is 12.5. The van der Waals surface area contributed by atoms with Crippen molar-refractivity contribution in [2.45, 2.75) is 51.7 Å². The Balaban J connectivity index is 1.28. The molecule has 11 heteroatoms. The van der Waals surface area contributed by atoms with Crippen molar-refractivity contribution in [2.24, 2.45) is 11.7 Å². The minimum absolute atomic E-state index is 0.0121. The Morgan fingerprint density at radius 3 is 2.60 bits per heavy atom. The van der Waals surface area contributed by atoms with E-state index in [0.717, 1.165) is 98.6 Å². The van der Waals surface area contributed by atoms with Crippen LogP contribution in [0.2, 0.25) is 5.02 Å². The number of sulfonamides is 1. The Kier molecular flexibility index (Phi) is 8.44. The van der Waals surface area contributed by atoms with Crippen molar-refractivity contribution in [3.8, 4) is 22.4 Å². The predicted molar refractivity (Wildman–Crippen MR) is 165 cm³/mol. The monoisotopic (exact) mass is 610 g/mol. The summed E-state index contributed by atoms with van der Waals surface area (Å²) in [6, 6.07) is 12.6. The molecule has 9 nitrogen and oxygen atoms in total. The number of benzene rings is 2. The maximum absolute atomic E-state index is 12.5. The van der Waals surface area contributed by atoms with Gasteiger partial charge in [0.15, 0.2) is 0 Å². The second-order valence-electron chi connectivity index (χ2n) is 11.8. The molecule has 1 saturated heterocycles. The smallest absolute Gasteiger partial charge is 0.220 e. The van der Waals surface area contributed by atoms with Gasteiger partial charge in [-0.25, -0.2) is 8.42 Å². The Bertz CT molecular complexity index is 1600. The average Bonchev–Trinajstić information content (AvgIpc) is 3.35. The van der Waals surface area contributed by atoms with E-state index in [1.165, 1.54) is 17.4 Å². The molecule has 3 N–H and O–H groups in total. The summed E-state index contributed by atoms with van der Waals surface area (Å²) in [4.78, 5) is 13.9. The van der Waals surface area contributed by atoms with E-state index in [0.29, 0.717) is 24.5 Å². The second-order valence-corrected chi connectivity index (χ2v) is 14.2. The highest BCUT2D eigenvalue weighted by molar-refractivity contribution is 7.88. The molecule has 0 spiro atoms. The average molecular weight is 611 g/mol. The lowest BCUT2D eigenvalue weighted by molar-refractivity contribution is -0.123. The number of hydrogen-bond donors (Lipinski definition) is 2. The number of carbonyl (C=O) groups is 1. The zero-order chi connectivity index (χ0) is 29.4. The number of hydrogen-bond acceptors (Lipinski definition) is 6. The molecule has 2 aromatic carbocycles. The summed E-state index contributed by atoms with van der Waals surface area (Å²) in [6.45, 7) is 6.03. The SMILES string of the molecule is CS(=O)(=O)N1CCc2c(c(-c3ccc(Cl)c(-c4ccc5c(c4)CNCC5)c3)nn2CCCN2CCC(C(N)=O)CC2)C1. The third-order valence-electron chi connectivity index (χ3n) is 9.05. The van der Waals surface area contributed by atoms with Crippen molar-refractivity contribution in [3.63, 3.8) is 0 Å². The third kappa shape index (κ3) is 6.14. The van der Waals surface area contributed by atoms with E-state index in [4.69, 9.17) is 22.4 Å². The molecule has 1 amide bonds. The zero-order valence-electron chi connectivity index (χ0n) is 24.1. The minimum Gasteiger partial charge on any atom is -0.369 e. The van der Waals surface area contributed by atoms with E-state index >= 15 is 0 Å². The molecule has 0 unspecified atom stereocenters. The topological polar surface area (TPSA) is 114 Å². The summed E-state index contributed by atoms with van der Waals surface area (Å²) in [5.74, 6) is -0.204. The lowest BCUT2D eigenvalue weighted by Crippen LogP contribution is -2.39. The van der Waals surface area contributed by atoms with Crippen LogP contribution in [0.4, 0.5) is 0 Å². The Labute approximate surface area is 253 Å². The first-order chi connectivity index (χ1) is 20.2. The van der Waals surface area contributed by atoms with E-state index in [2.05, 4.69) is 39.2 Å². The van der Waals surface area contributed by atoms with Gasteiger partial charge >= 0.3 is 0 Å². The van der Waals surface area contributed by atoms with Crippen molar-refractivity contribution < 1.29 is 13.2 Å². The van der Waals surface area contributed by atoms with Crippen LogP contribution in [0.3, 0.4) is 0 Å². The lowest BCUT2D eigenvalue weighted by Gasteiger charge is -2.30. The fourth-order valence-electron chi connectivity index (χ4n) is 6.59. The van der Waals surface area contributed by atoms with Crippen molar-refractivity contribution in [3.05, 3.63) is 63.8 Å². The highest BCUT2D eigenvalue weighted by atomic mass is 35.5. The molecule has 0 radical (unpaired) electrons. The van der Waals surface area contributed by atoms with Gasteiger partial charge in [-0.15, -0.1) is 0 Å². The van der Waals surface area contributed by atoms with Gasteiger partial charge in [0.05, 0.1) is 11.9 Å². The molecule has 6 rings (SSSR count). The number of halogens is 1. The summed E-state index contributed by atoms with van der Waals surface area (Å²) >= 11 is 6.74. The lowest BCUT2D eigenvalue weighted by atomic mass is 9.94. The number of primary amides is 1. The first kappa shape index (κ1) is 29.3. The number of aryl methyl sites for hydroxylation is 1. The first-order valence-electron chi connectivity index (χ1n) is 14.9. The van der Waals surface area contributed by atoms with Crippen LogP contribution in [-0.2, 0) is 47.3 Å². The summed E-state index contributed by atoms with van der Waals surface area (Å²) in [5, 5.41) is 9.22. The zero-order valence-corrected chi connectivity index (χ0v) is 25.7. The highest BCUT2D eigenvalue weighted by Crippen LogP contribution is 2.37. The normalized spacial score (nSPS) is 18.5. The van der Waals surface area contributed by atoms with Gasteiger partial charge in [0.1, 0.15) is 0 Å². The van der Waals surface area contributed by atoms with Crippen molar-refractivity contribution in [1.82, 2.24) is 24.3 Å². The fourth-order valence-corrected chi connectivity index (χ4v) is 7.61. The number of nitrogens with two attached hydrogens (primary N) is 1. The Morgan fingerprint density at radius 1 is 1.05 bits per heavy atom. The largest absolute Gasteiger partial charge is 0.369 e. The van der Waals surface area contributed by atoms with E-state index < -0.39 is 10.0 Å². The van der Waals surface area contributed by atoms with Crippen LogP contribution < -0.4 is 11.1 Å². The van der Waals surface area contributed by atoms with Gasteiger partial charge in [0, 0.05) is 65.9 Å². The molecule has 3 aliphatic heterocycles. The number of aromatic nitrogens is 2. The number of likely N-dealkylation sites (tertiary alicyclic amines) is 1. The molecule has 0 aliphatic carbocycles. The number of carbonyl (C=O) groups excluding carboxylic acids is 1. The molecule has 0 bridgehead atoms.